The number of carbonyl (C=O) groups is 1. The van der Waals surface area contributed by atoms with E-state index in [1.165, 1.54) is 6.20 Å². The first-order chi connectivity index (χ1) is 12.2. The van der Waals surface area contributed by atoms with Crippen LogP contribution in [0.15, 0.2) is 77.8 Å². The lowest BCUT2D eigenvalue weighted by atomic mass is 10.2. The number of aromatic nitrogens is 3. The molecule has 0 aliphatic rings. The molecule has 0 saturated heterocycles. The number of halogens is 1. The maximum Gasteiger partial charge on any atom is 0.257 e. The zero-order valence-corrected chi connectivity index (χ0v) is 14.6. The van der Waals surface area contributed by atoms with E-state index in [4.69, 9.17) is 0 Å². The lowest BCUT2D eigenvalue weighted by molar-refractivity contribution is 0.102. The van der Waals surface area contributed by atoms with Gasteiger partial charge in [0, 0.05) is 28.2 Å². The second kappa shape index (κ2) is 6.49. The fourth-order valence-corrected chi connectivity index (χ4v) is 2.97. The SMILES string of the molecule is O=C(Nc1ccc(-n2cnc3ccccc32)cc1)c1cncc(Br)c1. The Balaban J connectivity index is 1.57. The lowest BCUT2D eigenvalue weighted by Gasteiger charge is -2.08. The van der Waals surface area contributed by atoms with Crippen LogP contribution in [0, 0.1) is 0 Å². The number of benzene rings is 2. The van der Waals surface area contributed by atoms with Crippen LogP contribution in [0.1, 0.15) is 10.4 Å². The van der Waals surface area contributed by atoms with E-state index in [1.807, 2.05) is 53.1 Å². The number of anilines is 1. The Morgan fingerprint density at radius 3 is 2.64 bits per heavy atom. The highest BCUT2D eigenvalue weighted by atomic mass is 79.9. The number of imidazole rings is 1. The topological polar surface area (TPSA) is 59.8 Å². The van der Waals surface area contributed by atoms with Crippen molar-refractivity contribution in [2.45, 2.75) is 0 Å². The van der Waals surface area contributed by atoms with E-state index in [9.17, 15) is 4.79 Å². The van der Waals surface area contributed by atoms with Crippen molar-refractivity contribution in [3.05, 3.63) is 83.4 Å². The molecule has 1 N–H and O–H groups in total. The number of nitrogens with one attached hydrogen (secondary N) is 1. The molecule has 1 amide bonds. The van der Waals surface area contributed by atoms with Gasteiger partial charge in [-0.1, -0.05) is 12.1 Å². The summed E-state index contributed by atoms with van der Waals surface area (Å²) in [6.45, 7) is 0. The van der Waals surface area contributed by atoms with Crippen molar-refractivity contribution in [2.24, 2.45) is 0 Å². The highest BCUT2D eigenvalue weighted by Crippen LogP contribution is 2.20. The van der Waals surface area contributed by atoms with Gasteiger partial charge in [0.05, 0.1) is 16.6 Å². The molecule has 0 atom stereocenters. The van der Waals surface area contributed by atoms with Crippen LogP contribution in [0.5, 0.6) is 0 Å². The van der Waals surface area contributed by atoms with Gasteiger partial charge in [0.25, 0.3) is 5.91 Å². The molecule has 122 valence electrons. The smallest absolute Gasteiger partial charge is 0.257 e. The van der Waals surface area contributed by atoms with Gasteiger partial charge >= 0.3 is 0 Å². The largest absolute Gasteiger partial charge is 0.322 e. The predicted octanol–water partition coefficient (Wildman–Crippen LogP) is 4.44. The number of hydrogen-bond acceptors (Lipinski definition) is 3. The number of fused-ring (bicyclic) bond motifs is 1. The molecule has 6 heteroatoms. The average molecular weight is 393 g/mol. The number of para-hydroxylation sites is 2. The number of pyridine rings is 1. The second-order valence-electron chi connectivity index (χ2n) is 5.50. The van der Waals surface area contributed by atoms with Gasteiger partial charge in [-0.3, -0.25) is 14.3 Å². The molecule has 0 radical (unpaired) electrons. The number of rotatable bonds is 3. The van der Waals surface area contributed by atoms with E-state index in [-0.39, 0.29) is 5.91 Å². The molecule has 0 unspecified atom stereocenters. The van der Waals surface area contributed by atoms with Crippen LogP contribution >= 0.6 is 15.9 Å². The van der Waals surface area contributed by atoms with Crippen molar-refractivity contribution >= 4 is 38.6 Å². The first-order valence-electron chi connectivity index (χ1n) is 7.65. The first kappa shape index (κ1) is 15.5. The Hall–Kier alpha value is -2.99. The number of amides is 1. The Morgan fingerprint density at radius 2 is 1.84 bits per heavy atom. The molecular weight excluding hydrogens is 380 g/mol. The summed E-state index contributed by atoms with van der Waals surface area (Å²) in [6, 6.07) is 17.3. The molecular formula is C19H13BrN4O. The highest BCUT2D eigenvalue weighted by Gasteiger charge is 2.08. The molecule has 25 heavy (non-hydrogen) atoms. The van der Waals surface area contributed by atoms with Crippen LogP contribution < -0.4 is 5.32 Å². The maximum atomic E-state index is 12.3. The van der Waals surface area contributed by atoms with E-state index in [2.05, 4.69) is 31.2 Å². The second-order valence-corrected chi connectivity index (χ2v) is 6.41. The fourth-order valence-electron chi connectivity index (χ4n) is 2.61. The summed E-state index contributed by atoms with van der Waals surface area (Å²) in [7, 11) is 0. The zero-order valence-electron chi connectivity index (χ0n) is 13.1. The van der Waals surface area contributed by atoms with Crippen LogP contribution in [0.25, 0.3) is 16.7 Å². The number of carbonyl (C=O) groups excluding carboxylic acids is 1. The monoisotopic (exact) mass is 392 g/mol. The van der Waals surface area contributed by atoms with Crippen molar-refractivity contribution in [1.82, 2.24) is 14.5 Å². The minimum Gasteiger partial charge on any atom is -0.322 e. The van der Waals surface area contributed by atoms with Gasteiger partial charge in [-0.2, -0.15) is 0 Å². The Bertz CT molecular complexity index is 1060. The first-order valence-corrected chi connectivity index (χ1v) is 8.44. The van der Waals surface area contributed by atoms with Crippen molar-refractivity contribution in [2.75, 3.05) is 5.32 Å². The molecule has 2 aromatic carbocycles. The highest BCUT2D eigenvalue weighted by molar-refractivity contribution is 9.10. The number of hydrogen-bond donors (Lipinski definition) is 1. The Labute approximate surface area is 152 Å². The predicted molar refractivity (Wildman–Crippen MR) is 101 cm³/mol. The summed E-state index contributed by atoms with van der Waals surface area (Å²) in [5, 5.41) is 2.87. The third-order valence-corrected chi connectivity index (χ3v) is 4.26. The summed E-state index contributed by atoms with van der Waals surface area (Å²) in [6.07, 6.45) is 4.97. The van der Waals surface area contributed by atoms with E-state index in [1.54, 1.807) is 18.6 Å². The molecule has 5 nitrogen and oxygen atoms in total. The van der Waals surface area contributed by atoms with Crippen LogP contribution in [-0.2, 0) is 0 Å². The van der Waals surface area contributed by atoms with E-state index in [0.717, 1.165) is 26.9 Å². The quantitative estimate of drug-likeness (QED) is 0.560. The Kier molecular flexibility index (Phi) is 4.03. The third-order valence-electron chi connectivity index (χ3n) is 3.82. The third kappa shape index (κ3) is 3.16. The van der Waals surface area contributed by atoms with Gasteiger partial charge in [0.1, 0.15) is 6.33 Å². The van der Waals surface area contributed by atoms with Crippen LogP contribution in [0.2, 0.25) is 0 Å². The van der Waals surface area contributed by atoms with Gasteiger partial charge < -0.3 is 5.32 Å². The minimum absolute atomic E-state index is 0.199. The standard InChI is InChI=1S/C19H13BrN4O/c20-14-9-13(10-21-11-14)19(25)23-15-5-7-16(8-6-15)24-12-22-17-3-1-2-4-18(17)24/h1-12H,(H,23,25). The van der Waals surface area contributed by atoms with E-state index in [0.29, 0.717) is 5.56 Å². The normalized spacial score (nSPS) is 10.8. The van der Waals surface area contributed by atoms with E-state index < -0.39 is 0 Å². The van der Waals surface area contributed by atoms with Crippen LogP contribution in [-0.4, -0.2) is 20.4 Å². The molecule has 4 aromatic rings. The van der Waals surface area contributed by atoms with Gasteiger partial charge in [-0.05, 0) is 58.4 Å². The molecule has 2 heterocycles. The molecule has 0 bridgehead atoms. The van der Waals surface area contributed by atoms with E-state index >= 15 is 0 Å². The van der Waals surface area contributed by atoms with Crippen molar-refractivity contribution in [3.63, 3.8) is 0 Å². The van der Waals surface area contributed by atoms with Crippen molar-refractivity contribution in [3.8, 4) is 5.69 Å². The molecule has 4 rings (SSSR count). The average Bonchev–Trinajstić information content (AvgIpc) is 3.06. The summed E-state index contributed by atoms with van der Waals surface area (Å²) in [4.78, 5) is 20.7. The summed E-state index contributed by atoms with van der Waals surface area (Å²) in [5.41, 5.74) is 4.19. The van der Waals surface area contributed by atoms with Gasteiger partial charge in [-0.25, -0.2) is 4.98 Å². The lowest BCUT2D eigenvalue weighted by Crippen LogP contribution is -2.12. The fraction of sp³-hybridized carbons (Fsp3) is 0. The van der Waals surface area contributed by atoms with Gasteiger partial charge in [0.2, 0.25) is 0 Å². The molecule has 0 spiro atoms. The van der Waals surface area contributed by atoms with Gasteiger partial charge in [0.15, 0.2) is 0 Å². The summed E-state index contributed by atoms with van der Waals surface area (Å²) >= 11 is 3.32. The zero-order chi connectivity index (χ0) is 17.2. The molecule has 2 aromatic heterocycles. The van der Waals surface area contributed by atoms with Crippen LogP contribution in [0.3, 0.4) is 0 Å². The number of nitrogens with zero attached hydrogens (tertiary/aromatic N) is 3. The molecule has 0 fully saturated rings. The van der Waals surface area contributed by atoms with Crippen molar-refractivity contribution in [1.29, 1.82) is 0 Å². The van der Waals surface area contributed by atoms with Crippen LogP contribution in [0.4, 0.5) is 5.69 Å². The molecule has 0 aliphatic carbocycles. The Morgan fingerprint density at radius 1 is 1.04 bits per heavy atom. The molecule has 0 aliphatic heterocycles. The van der Waals surface area contributed by atoms with Crippen molar-refractivity contribution < 1.29 is 4.79 Å². The summed E-state index contributed by atoms with van der Waals surface area (Å²) < 4.78 is 2.78. The molecule has 0 saturated carbocycles. The minimum atomic E-state index is -0.199. The maximum absolute atomic E-state index is 12.3. The summed E-state index contributed by atoms with van der Waals surface area (Å²) in [5.74, 6) is -0.199. The van der Waals surface area contributed by atoms with Gasteiger partial charge in [-0.15, -0.1) is 0 Å².